The lowest BCUT2D eigenvalue weighted by molar-refractivity contribution is 0.0240. The van der Waals surface area contributed by atoms with Crippen LogP contribution in [0.2, 0.25) is 0 Å². The second kappa shape index (κ2) is 6.57. The summed E-state index contributed by atoms with van der Waals surface area (Å²) in [7, 11) is 0. The largest absolute Gasteiger partial charge is 0.444 e. The van der Waals surface area contributed by atoms with Crippen molar-refractivity contribution in [1.82, 2.24) is 29.9 Å². The zero-order valence-electron chi connectivity index (χ0n) is 16.9. The minimum Gasteiger partial charge on any atom is -0.444 e. The number of hydrogen-bond acceptors (Lipinski definition) is 7. The Labute approximate surface area is 163 Å². The smallest absolute Gasteiger partial charge is 0.410 e. The van der Waals surface area contributed by atoms with Gasteiger partial charge in [-0.05, 0) is 62.2 Å². The monoisotopic (exact) mass is 383 g/mol. The lowest BCUT2D eigenvalue weighted by Crippen LogP contribution is -2.50. The molecule has 0 atom stereocenters. The molecule has 0 radical (unpaired) electrons. The Hall–Kier alpha value is -2.97. The van der Waals surface area contributed by atoms with E-state index >= 15 is 0 Å². The summed E-state index contributed by atoms with van der Waals surface area (Å²) in [4.78, 5) is 21.1. The van der Waals surface area contributed by atoms with E-state index in [4.69, 9.17) is 9.72 Å². The van der Waals surface area contributed by atoms with Crippen LogP contribution in [0.1, 0.15) is 31.9 Å². The van der Waals surface area contributed by atoms with Crippen molar-refractivity contribution in [3.63, 3.8) is 0 Å². The van der Waals surface area contributed by atoms with Gasteiger partial charge in [0.1, 0.15) is 5.60 Å². The van der Waals surface area contributed by atoms with Crippen LogP contribution in [0.25, 0.3) is 16.7 Å². The zero-order chi connectivity index (χ0) is 20.1. The van der Waals surface area contributed by atoms with Crippen molar-refractivity contribution in [2.45, 2.75) is 40.2 Å². The summed E-state index contributed by atoms with van der Waals surface area (Å²) in [5.41, 5.74) is 4.14. The van der Waals surface area contributed by atoms with E-state index in [-0.39, 0.29) is 6.09 Å². The number of anilines is 1. The van der Waals surface area contributed by atoms with E-state index in [1.165, 1.54) is 0 Å². The van der Waals surface area contributed by atoms with Crippen LogP contribution in [0.15, 0.2) is 12.1 Å². The first kappa shape index (κ1) is 18.4. The van der Waals surface area contributed by atoms with Crippen LogP contribution in [-0.2, 0) is 4.74 Å². The number of ether oxygens (including phenoxy) is 1. The number of aryl methyl sites for hydroxylation is 2. The first-order valence-corrected chi connectivity index (χ1v) is 9.45. The molecule has 0 spiro atoms. The van der Waals surface area contributed by atoms with Crippen LogP contribution in [0.4, 0.5) is 10.6 Å². The first-order valence-electron chi connectivity index (χ1n) is 9.45. The molecule has 1 saturated heterocycles. The summed E-state index contributed by atoms with van der Waals surface area (Å²) in [6.45, 7) is 12.1. The average molecular weight is 383 g/mol. The molecule has 0 N–H and O–H groups in total. The topological polar surface area (TPSA) is 88.8 Å². The number of carbonyl (C=O) groups excluding carboxylic acids is 1. The SMILES string of the molecule is Cc1cc(C)c2nc(N3CCN(C(=O)OC(C)(C)C)CC3)c3nnnn3c2c1. The molecule has 1 fully saturated rings. The van der Waals surface area contributed by atoms with E-state index in [0.29, 0.717) is 31.8 Å². The molecule has 1 aliphatic rings. The summed E-state index contributed by atoms with van der Waals surface area (Å²) in [5, 5.41) is 12.2. The maximum absolute atomic E-state index is 12.3. The lowest BCUT2D eigenvalue weighted by atomic mass is 10.1. The molecule has 1 aromatic carbocycles. The van der Waals surface area contributed by atoms with Crippen molar-refractivity contribution < 1.29 is 9.53 Å². The Morgan fingerprint density at radius 3 is 2.50 bits per heavy atom. The number of piperazine rings is 1. The Kier molecular flexibility index (Phi) is 4.32. The van der Waals surface area contributed by atoms with E-state index in [1.807, 2.05) is 40.7 Å². The molecule has 1 amide bonds. The Balaban J connectivity index is 1.63. The van der Waals surface area contributed by atoms with Gasteiger partial charge in [-0.25, -0.2) is 9.78 Å². The third-order valence-electron chi connectivity index (χ3n) is 4.77. The number of benzene rings is 1. The van der Waals surface area contributed by atoms with Gasteiger partial charge in [-0.1, -0.05) is 6.07 Å². The predicted octanol–water partition coefficient (Wildman–Crippen LogP) is 2.35. The van der Waals surface area contributed by atoms with Gasteiger partial charge in [0, 0.05) is 26.2 Å². The molecule has 28 heavy (non-hydrogen) atoms. The van der Waals surface area contributed by atoms with Gasteiger partial charge in [0.15, 0.2) is 5.82 Å². The normalized spacial score (nSPS) is 15.5. The van der Waals surface area contributed by atoms with Crippen LogP contribution < -0.4 is 4.90 Å². The van der Waals surface area contributed by atoms with E-state index in [9.17, 15) is 4.79 Å². The van der Waals surface area contributed by atoms with E-state index in [0.717, 1.165) is 28.0 Å². The third-order valence-corrected chi connectivity index (χ3v) is 4.77. The van der Waals surface area contributed by atoms with Gasteiger partial charge in [0.05, 0.1) is 11.0 Å². The molecular weight excluding hydrogens is 358 g/mol. The number of aromatic nitrogens is 5. The van der Waals surface area contributed by atoms with Crippen LogP contribution >= 0.6 is 0 Å². The highest BCUT2D eigenvalue weighted by Gasteiger charge is 2.28. The molecule has 9 nitrogen and oxygen atoms in total. The maximum atomic E-state index is 12.3. The molecule has 3 heterocycles. The number of nitrogens with zero attached hydrogens (tertiary/aromatic N) is 7. The fraction of sp³-hybridized carbons (Fsp3) is 0.526. The second-order valence-electron chi connectivity index (χ2n) is 8.25. The molecule has 0 unspecified atom stereocenters. The standard InChI is InChI=1S/C19H25N7O2/c1-12-10-13(2)15-14(11-12)26-17(21-22-23-26)16(20-15)24-6-8-25(9-7-24)18(27)28-19(3,4)5/h10-11H,6-9H2,1-5H3. The van der Waals surface area contributed by atoms with Crippen LogP contribution in [0, 0.1) is 13.8 Å². The van der Waals surface area contributed by atoms with E-state index < -0.39 is 5.60 Å². The maximum Gasteiger partial charge on any atom is 0.410 e. The van der Waals surface area contributed by atoms with E-state index in [2.05, 4.69) is 26.5 Å². The van der Waals surface area contributed by atoms with Crippen molar-refractivity contribution in [2.75, 3.05) is 31.1 Å². The lowest BCUT2D eigenvalue weighted by Gasteiger charge is -2.36. The van der Waals surface area contributed by atoms with E-state index in [1.54, 1.807) is 9.42 Å². The fourth-order valence-corrected chi connectivity index (χ4v) is 3.53. The zero-order valence-corrected chi connectivity index (χ0v) is 16.9. The van der Waals surface area contributed by atoms with Crippen molar-refractivity contribution in [3.05, 3.63) is 23.3 Å². The highest BCUT2D eigenvalue weighted by atomic mass is 16.6. The van der Waals surface area contributed by atoms with Crippen LogP contribution in [0.5, 0.6) is 0 Å². The van der Waals surface area contributed by atoms with Gasteiger partial charge in [-0.2, -0.15) is 4.52 Å². The highest BCUT2D eigenvalue weighted by molar-refractivity contribution is 5.85. The molecule has 148 valence electrons. The summed E-state index contributed by atoms with van der Waals surface area (Å²) in [6, 6.07) is 4.15. The minimum atomic E-state index is -0.497. The van der Waals surface area contributed by atoms with Gasteiger partial charge >= 0.3 is 6.09 Å². The van der Waals surface area contributed by atoms with Crippen molar-refractivity contribution in [1.29, 1.82) is 0 Å². The average Bonchev–Trinajstić information content (AvgIpc) is 3.10. The summed E-state index contributed by atoms with van der Waals surface area (Å²) in [6.07, 6.45) is -0.278. The Morgan fingerprint density at radius 2 is 1.82 bits per heavy atom. The molecule has 1 aliphatic heterocycles. The summed E-state index contributed by atoms with van der Waals surface area (Å²) < 4.78 is 7.22. The number of rotatable bonds is 1. The highest BCUT2D eigenvalue weighted by Crippen LogP contribution is 2.26. The van der Waals surface area contributed by atoms with Crippen LogP contribution in [-0.4, -0.2) is 67.8 Å². The number of fused-ring (bicyclic) bond motifs is 3. The molecule has 4 rings (SSSR count). The van der Waals surface area contributed by atoms with Crippen molar-refractivity contribution in [2.24, 2.45) is 0 Å². The summed E-state index contributed by atoms with van der Waals surface area (Å²) in [5.74, 6) is 0.744. The van der Waals surface area contributed by atoms with Gasteiger partial charge in [0.2, 0.25) is 5.65 Å². The molecule has 0 bridgehead atoms. The molecule has 3 aromatic rings. The second-order valence-corrected chi connectivity index (χ2v) is 8.25. The summed E-state index contributed by atoms with van der Waals surface area (Å²) >= 11 is 0. The number of hydrogen-bond donors (Lipinski definition) is 0. The van der Waals surface area contributed by atoms with Gasteiger partial charge < -0.3 is 14.5 Å². The molecule has 0 aliphatic carbocycles. The van der Waals surface area contributed by atoms with Crippen LogP contribution in [0.3, 0.4) is 0 Å². The molecule has 2 aromatic heterocycles. The Bertz CT molecular complexity index is 1050. The first-order chi connectivity index (χ1) is 13.2. The predicted molar refractivity (Wildman–Crippen MR) is 106 cm³/mol. The van der Waals surface area contributed by atoms with Gasteiger partial charge in [-0.3, -0.25) is 0 Å². The van der Waals surface area contributed by atoms with Gasteiger partial charge in [-0.15, -0.1) is 5.10 Å². The number of amides is 1. The van der Waals surface area contributed by atoms with Gasteiger partial charge in [0.25, 0.3) is 0 Å². The Morgan fingerprint density at radius 1 is 1.11 bits per heavy atom. The quantitative estimate of drug-likeness (QED) is 0.637. The molecule has 0 saturated carbocycles. The minimum absolute atomic E-state index is 0.278. The van der Waals surface area contributed by atoms with Crippen molar-refractivity contribution >= 4 is 28.6 Å². The van der Waals surface area contributed by atoms with Crippen molar-refractivity contribution in [3.8, 4) is 0 Å². The number of tetrazole rings is 1. The fourth-order valence-electron chi connectivity index (χ4n) is 3.53. The molecular formula is C19H25N7O2. The number of carbonyl (C=O) groups is 1. The third kappa shape index (κ3) is 3.32. The molecule has 9 heteroatoms.